The molecule has 11 heteroatoms. The van der Waals surface area contributed by atoms with E-state index in [2.05, 4.69) is 10.3 Å². The Morgan fingerprint density at radius 2 is 1.94 bits per heavy atom. The Kier molecular flexibility index (Phi) is 7.08. The van der Waals surface area contributed by atoms with Crippen molar-refractivity contribution in [1.29, 1.82) is 0 Å². The molecule has 0 bridgehead atoms. The fourth-order valence-corrected chi connectivity index (χ4v) is 4.89. The Labute approximate surface area is 196 Å². The number of aromatic nitrogens is 2. The summed E-state index contributed by atoms with van der Waals surface area (Å²) in [4.78, 5) is 15.3. The number of ether oxygens (including phenoxy) is 1. The lowest BCUT2D eigenvalue weighted by Gasteiger charge is -2.29. The van der Waals surface area contributed by atoms with E-state index in [9.17, 15) is 22.7 Å². The van der Waals surface area contributed by atoms with Crippen molar-refractivity contribution in [1.82, 2.24) is 14.3 Å². The number of amides is 1. The topological polar surface area (TPSA) is 111 Å². The number of pyridine rings is 1. The van der Waals surface area contributed by atoms with E-state index in [1.165, 1.54) is 43.4 Å². The number of rotatable bonds is 6. The second kappa shape index (κ2) is 9.51. The molecule has 1 atom stereocenters. The van der Waals surface area contributed by atoms with Gasteiger partial charge in [-0.25, -0.2) is 26.6 Å². The molecule has 0 aliphatic heterocycles. The standard InChI is InChI=1S/C23H25F2N3O5S/c1-23(2,3)20(33-22(30)26-4)17-12-28(19(18(17)24)16-9-6-10-27-21(16)25)34(31,32)15-8-5-7-14(11-15)13-29/h5-12,20,29H,13H2,1-4H3,(H,26,30). The molecule has 3 aromatic rings. The van der Waals surface area contributed by atoms with Gasteiger partial charge in [0.25, 0.3) is 10.0 Å². The summed E-state index contributed by atoms with van der Waals surface area (Å²) in [5, 5.41) is 11.7. The molecule has 8 nitrogen and oxygen atoms in total. The van der Waals surface area contributed by atoms with Crippen LogP contribution in [0.2, 0.25) is 0 Å². The average Bonchev–Trinajstić information content (AvgIpc) is 3.14. The Bertz CT molecular complexity index is 1320. The number of benzene rings is 1. The molecule has 1 aromatic carbocycles. The molecule has 0 saturated heterocycles. The van der Waals surface area contributed by atoms with Crippen molar-refractivity contribution in [2.75, 3.05) is 7.05 Å². The molecule has 3 rings (SSSR count). The Balaban J connectivity index is 2.35. The molecule has 0 aliphatic carbocycles. The van der Waals surface area contributed by atoms with Gasteiger partial charge in [0, 0.05) is 30.4 Å². The van der Waals surface area contributed by atoms with Crippen molar-refractivity contribution in [2.45, 2.75) is 38.4 Å². The van der Waals surface area contributed by atoms with E-state index in [0.717, 1.165) is 12.4 Å². The minimum Gasteiger partial charge on any atom is -0.441 e. The number of hydrogen-bond acceptors (Lipinski definition) is 6. The minimum atomic E-state index is -4.47. The number of aliphatic hydroxyl groups is 1. The van der Waals surface area contributed by atoms with Crippen LogP contribution in [-0.4, -0.2) is 35.6 Å². The molecular weight excluding hydrogens is 468 g/mol. The van der Waals surface area contributed by atoms with E-state index in [1.807, 2.05) is 0 Å². The van der Waals surface area contributed by atoms with Gasteiger partial charge in [-0.05, 0) is 29.8 Å². The molecule has 34 heavy (non-hydrogen) atoms. The van der Waals surface area contributed by atoms with E-state index < -0.39 is 51.7 Å². The highest BCUT2D eigenvalue weighted by Gasteiger charge is 2.38. The first-order chi connectivity index (χ1) is 15.9. The summed E-state index contributed by atoms with van der Waals surface area (Å²) in [6, 6.07) is 8.00. The van der Waals surface area contributed by atoms with Gasteiger partial charge in [-0.2, -0.15) is 4.39 Å². The van der Waals surface area contributed by atoms with Crippen molar-refractivity contribution in [3.05, 3.63) is 71.7 Å². The van der Waals surface area contributed by atoms with Gasteiger partial charge in [0.2, 0.25) is 5.95 Å². The summed E-state index contributed by atoms with van der Waals surface area (Å²) in [5.74, 6) is -2.15. The van der Waals surface area contributed by atoms with Crippen molar-refractivity contribution in [3.63, 3.8) is 0 Å². The highest BCUT2D eigenvalue weighted by atomic mass is 32.2. The first-order valence-corrected chi connectivity index (χ1v) is 11.7. The zero-order valence-electron chi connectivity index (χ0n) is 19.0. The van der Waals surface area contributed by atoms with Gasteiger partial charge in [0.1, 0.15) is 11.8 Å². The lowest BCUT2D eigenvalue weighted by Crippen LogP contribution is -2.29. The molecule has 1 amide bonds. The maximum atomic E-state index is 16.0. The average molecular weight is 494 g/mol. The van der Waals surface area contributed by atoms with Crippen LogP contribution in [0.5, 0.6) is 0 Å². The quantitative estimate of drug-likeness (QED) is 0.502. The van der Waals surface area contributed by atoms with Crippen LogP contribution < -0.4 is 5.32 Å². The van der Waals surface area contributed by atoms with Gasteiger partial charge in [0.05, 0.1) is 17.1 Å². The third kappa shape index (κ3) is 4.80. The largest absolute Gasteiger partial charge is 0.441 e. The molecule has 2 aromatic heterocycles. The van der Waals surface area contributed by atoms with Crippen molar-refractivity contribution in [2.24, 2.45) is 5.41 Å². The molecule has 2 N–H and O–H groups in total. The first-order valence-electron chi connectivity index (χ1n) is 10.3. The predicted molar refractivity (Wildman–Crippen MR) is 120 cm³/mol. The van der Waals surface area contributed by atoms with Crippen LogP contribution in [0.1, 0.15) is 38.0 Å². The maximum Gasteiger partial charge on any atom is 0.407 e. The number of nitrogens with zero attached hydrogens (tertiary/aromatic N) is 2. The molecular formula is C23H25F2N3O5S. The monoisotopic (exact) mass is 493 g/mol. The summed E-state index contributed by atoms with van der Waals surface area (Å²) in [6.07, 6.45) is 0.0686. The number of carbonyl (C=O) groups is 1. The fraction of sp³-hybridized carbons (Fsp3) is 0.304. The molecule has 0 fully saturated rings. The second-order valence-corrected chi connectivity index (χ2v) is 10.4. The molecule has 182 valence electrons. The third-order valence-corrected chi connectivity index (χ3v) is 6.74. The normalized spacial score (nSPS) is 12.9. The van der Waals surface area contributed by atoms with Crippen LogP contribution in [0.25, 0.3) is 11.3 Å². The Morgan fingerprint density at radius 3 is 2.53 bits per heavy atom. The van der Waals surface area contributed by atoms with Crippen molar-refractivity contribution in [3.8, 4) is 11.3 Å². The van der Waals surface area contributed by atoms with Gasteiger partial charge >= 0.3 is 6.09 Å². The number of aliphatic hydroxyl groups excluding tert-OH is 1. The maximum absolute atomic E-state index is 16.0. The van der Waals surface area contributed by atoms with Gasteiger partial charge in [-0.1, -0.05) is 32.9 Å². The molecule has 0 radical (unpaired) electrons. The van der Waals surface area contributed by atoms with Crippen LogP contribution in [0.15, 0.2) is 53.7 Å². The number of alkyl carbamates (subject to hydrolysis) is 1. The van der Waals surface area contributed by atoms with E-state index in [1.54, 1.807) is 20.8 Å². The fourth-order valence-electron chi connectivity index (χ4n) is 3.44. The van der Waals surface area contributed by atoms with Gasteiger partial charge in [-0.3, -0.25) is 0 Å². The first kappa shape index (κ1) is 25.3. The van der Waals surface area contributed by atoms with Crippen LogP contribution in [-0.2, 0) is 21.4 Å². The SMILES string of the molecule is CNC(=O)OC(c1cn(S(=O)(=O)c2cccc(CO)c2)c(-c2cccnc2F)c1F)C(C)(C)C. The molecule has 2 heterocycles. The number of halogens is 2. The Hall–Kier alpha value is -3.31. The molecule has 1 unspecified atom stereocenters. The summed E-state index contributed by atoms with van der Waals surface area (Å²) in [7, 11) is -3.13. The lowest BCUT2D eigenvalue weighted by atomic mass is 9.85. The minimum absolute atomic E-state index is 0.245. The van der Waals surface area contributed by atoms with Crippen LogP contribution in [0.4, 0.5) is 13.6 Å². The van der Waals surface area contributed by atoms with E-state index in [-0.39, 0.29) is 16.0 Å². The molecule has 0 aliphatic rings. The predicted octanol–water partition coefficient (Wildman–Crippen LogP) is 4.00. The van der Waals surface area contributed by atoms with E-state index >= 15 is 4.39 Å². The smallest absolute Gasteiger partial charge is 0.407 e. The van der Waals surface area contributed by atoms with Crippen LogP contribution in [0.3, 0.4) is 0 Å². The van der Waals surface area contributed by atoms with Crippen molar-refractivity contribution < 1.29 is 31.8 Å². The van der Waals surface area contributed by atoms with Gasteiger partial charge in [-0.15, -0.1) is 0 Å². The zero-order valence-corrected chi connectivity index (χ0v) is 19.9. The third-order valence-electron chi connectivity index (χ3n) is 5.09. The summed E-state index contributed by atoms with van der Waals surface area (Å²) < 4.78 is 63.7. The number of hydrogen-bond donors (Lipinski definition) is 2. The Morgan fingerprint density at radius 1 is 1.24 bits per heavy atom. The number of nitrogens with one attached hydrogen (secondary N) is 1. The van der Waals surface area contributed by atoms with Gasteiger partial charge < -0.3 is 15.2 Å². The number of carbonyl (C=O) groups excluding carboxylic acids is 1. The van der Waals surface area contributed by atoms with E-state index in [4.69, 9.17) is 4.74 Å². The van der Waals surface area contributed by atoms with Crippen LogP contribution in [0, 0.1) is 17.2 Å². The summed E-state index contributed by atoms with van der Waals surface area (Å²) >= 11 is 0. The second-order valence-electron chi connectivity index (χ2n) is 8.60. The van der Waals surface area contributed by atoms with E-state index in [0.29, 0.717) is 9.54 Å². The summed E-state index contributed by atoms with van der Waals surface area (Å²) in [5.41, 5.74) is -1.77. The highest BCUT2D eigenvalue weighted by Crippen LogP contribution is 2.42. The van der Waals surface area contributed by atoms with Gasteiger partial charge in [0.15, 0.2) is 5.82 Å². The zero-order chi connectivity index (χ0) is 25.3. The summed E-state index contributed by atoms with van der Waals surface area (Å²) in [6.45, 7) is 4.63. The molecule has 0 saturated carbocycles. The highest BCUT2D eigenvalue weighted by molar-refractivity contribution is 7.90. The lowest BCUT2D eigenvalue weighted by molar-refractivity contribution is 0.0294. The van der Waals surface area contributed by atoms with Crippen LogP contribution >= 0.6 is 0 Å². The molecule has 0 spiro atoms. The van der Waals surface area contributed by atoms with Crippen molar-refractivity contribution >= 4 is 16.1 Å².